The first kappa shape index (κ1) is 15.1. The Balaban J connectivity index is 1.61. The van der Waals surface area contributed by atoms with Crippen LogP contribution in [0, 0.1) is 0 Å². The summed E-state index contributed by atoms with van der Waals surface area (Å²) in [5, 5.41) is 3.01. The predicted octanol–water partition coefficient (Wildman–Crippen LogP) is 3.96. The minimum absolute atomic E-state index is 0.0360. The second-order valence-electron chi connectivity index (χ2n) is 5.65. The van der Waals surface area contributed by atoms with Crippen LogP contribution in [0.5, 0.6) is 5.75 Å². The van der Waals surface area contributed by atoms with Crippen molar-refractivity contribution in [2.24, 2.45) is 0 Å². The Kier molecular flexibility index (Phi) is 4.78. The number of rotatable bonds is 4. The van der Waals surface area contributed by atoms with Crippen molar-refractivity contribution in [3.63, 3.8) is 0 Å². The van der Waals surface area contributed by atoms with E-state index in [1.165, 1.54) is 29.7 Å². The van der Waals surface area contributed by atoms with E-state index in [1.54, 1.807) is 18.4 Å². The largest absolute Gasteiger partial charge is 0.497 e. The first-order valence-electron chi connectivity index (χ1n) is 7.79. The molecule has 0 aliphatic heterocycles. The number of hydrogen-bond donors (Lipinski definition) is 1. The molecule has 1 heterocycles. The molecule has 22 heavy (non-hydrogen) atoms. The molecule has 1 aliphatic carbocycles. The van der Waals surface area contributed by atoms with Crippen LogP contribution in [0.4, 0.5) is 0 Å². The quantitative estimate of drug-likeness (QED) is 0.867. The number of aryl methyl sites for hydroxylation is 2. The highest BCUT2D eigenvalue weighted by Gasteiger charge is 2.16. The number of benzene rings is 1. The fourth-order valence-corrected chi connectivity index (χ4v) is 3.96. The number of nitrogens with one attached hydrogen (secondary N) is 1. The zero-order valence-corrected chi connectivity index (χ0v) is 13.7. The molecule has 0 atom stereocenters. The second kappa shape index (κ2) is 6.97. The third-order valence-corrected chi connectivity index (χ3v) is 5.32. The van der Waals surface area contributed by atoms with Gasteiger partial charge in [-0.25, -0.2) is 0 Å². The molecule has 0 radical (unpaired) electrons. The predicted molar refractivity (Wildman–Crippen MR) is 89.7 cm³/mol. The van der Waals surface area contributed by atoms with E-state index >= 15 is 0 Å². The van der Waals surface area contributed by atoms with Crippen LogP contribution in [0.1, 0.15) is 44.9 Å². The third-order valence-electron chi connectivity index (χ3n) is 4.08. The number of ether oxygens (including phenoxy) is 1. The number of hydrogen-bond acceptors (Lipinski definition) is 3. The van der Waals surface area contributed by atoms with Crippen LogP contribution in [-0.4, -0.2) is 13.0 Å². The Labute approximate surface area is 135 Å². The molecule has 0 unspecified atom stereocenters. The van der Waals surface area contributed by atoms with E-state index in [9.17, 15) is 4.79 Å². The lowest BCUT2D eigenvalue weighted by molar-refractivity contribution is 0.0955. The van der Waals surface area contributed by atoms with Gasteiger partial charge in [-0.15, -0.1) is 11.3 Å². The molecule has 4 heteroatoms. The number of amides is 1. The van der Waals surface area contributed by atoms with Gasteiger partial charge in [0, 0.05) is 11.4 Å². The molecule has 0 saturated heterocycles. The lowest BCUT2D eigenvalue weighted by Crippen LogP contribution is -2.21. The Bertz CT molecular complexity index is 622. The smallest absolute Gasteiger partial charge is 0.261 e. The first-order chi connectivity index (χ1) is 10.8. The highest BCUT2D eigenvalue weighted by Crippen LogP contribution is 2.28. The van der Waals surface area contributed by atoms with Crippen molar-refractivity contribution in [1.29, 1.82) is 0 Å². The lowest BCUT2D eigenvalue weighted by Gasteiger charge is -2.05. The Morgan fingerprint density at radius 3 is 2.73 bits per heavy atom. The summed E-state index contributed by atoms with van der Waals surface area (Å²) in [6, 6.07) is 9.86. The standard InChI is InChI=1S/C18H21NO2S/c1-21-15-9-7-13(8-10-15)12-19-18(20)17-11-14-5-3-2-4-6-16(14)22-17/h7-11H,2-6,12H2,1H3,(H,19,20). The Morgan fingerprint density at radius 1 is 1.18 bits per heavy atom. The molecule has 1 aliphatic rings. The monoisotopic (exact) mass is 315 g/mol. The maximum absolute atomic E-state index is 12.3. The van der Waals surface area contributed by atoms with E-state index in [4.69, 9.17) is 4.74 Å². The molecule has 0 saturated carbocycles. The van der Waals surface area contributed by atoms with Crippen molar-refractivity contribution in [2.75, 3.05) is 7.11 Å². The molecule has 1 aromatic heterocycles. The summed E-state index contributed by atoms with van der Waals surface area (Å²) in [6.07, 6.45) is 6.06. The minimum Gasteiger partial charge on any atom is -0.497 e. The van der Waals surface area contributed by atoms with Gasteiger partial charge in [0.15, 0.2) is 0 Å². The van der Waals surface area contributed by atoms with Crippen molar-refractivity contribution in [2.45, 2.75) is 38.6 Å². The van der Waals surface area contributed by atoms with E-state index < -0.39 is 0 Å². The second-order valence-corrected chi connectivity index (χ2v) is 6.79. The van der Waals surface area contributed by atoms with Gasteiger partial charge in [0.25, 0.3) is 5.91 Å². The molecule has 0 spiro atoms. The van der Waals surface area contributed by atoms with Crippen LogP contribution in [0.3, 0.4) is 0 Å². The first-order valence-corrected chi connectivity index (χ1v) is 8.60. The molecule has 3 nitrogen and oxygen atoms in total. The van der Waals surface area contributed by atoms with Crippen LogP contribution in [0.25, 0.3) is 0 Å². The van der Waals surface area contributed by atoms with Crippen LogP contribution >= 0.6 is 11.3 Å². The Hall–Kier alpha value is -1.81. The minimum atomic E-state index is 0.0360. The van der Waals surface area contributed by atoms with Gasteiger partial charge in [0.05, 0.1) is 12.0 Å². The van der Waals surface area contributed by atoms with Crippen molar-refractivity contribution < 1.29 is 9.53 Å². The molecular formula is C18H21NO2S. The summed E-state index contributed by atoms with van der Waals surface area (Å²) in [7, 11) is 1.65. The van der Waals surface area contributed by atoms with E-state index in [0.29, 0.717) is 6.54 Å². The van der Waals surface area contributed by atoms with Gasteiger partial charge in [-0.2, -0.15) is 0 Å². The van der Waals surface area contributed by atoms with Crippen molar-refractivity contribution >= 4 is 17.2 Å². The van der Waals surface area contributed by atoms with E-state index in [0.717, 1.165) is 29.0 Å². The van der Waals surface area contributed by atoms with Crippen molar-refractivity contribution in [3.05, 3.63) is 51.2 Å². The van der Waals surface area contributed by atoms with Crippen LogP contribution in [0.2, 0.25) is 0 Å². The summed E-state index contributed by atoms with van der Waals surface area (Å²) >= 11 is 1.67. The number of thiophene rings is 1. The number of carbonyl (C=O) groups excluding carboxylic acids is 1. The van der Waals surface area contributed by atoms with Gasteiger partial charge < -0.3 is 10.1 Å². The number of methoxy groups -OCH3 is 1. The highest BCUT2D eigenvalue weighted by atomic mass is 32.1. The molecule has 0 bridgehead atoms. The summed E-state index contributed by atoms with van der Waals surface area (Å²) in [5.74, 6) is 0.867. The van der Waals surface area contributed by atoms with E-state index in [-0.39, 0.29) is 5.91 Å². The fraction of sp³-hybridized carbons (Fsp3) is 0.389. The van der Waals surface area contributed by atoms with Crippen molar-refractivity contribution in [3.8, 4) is 5.75 Å². The average Bonchev–Trinajstić information content (AvgIpc) is 2.84. The Morgan fingerprint density at radius 2 is 1.95 bits per heavy atom. The number of fused-ring (bicyclic) bond motifs is 1. The fourth-order valence-electron chi connectivity index (χ4n) is 2.79. The van der Waals surface area contributed by atoms with E-state index in [2.05, 4.69) is 11.4 Å². The molecule has 1 aromatic carbocycles. The average molecular weight is 315 g/mol. The molecule has 1 N–H and O–H groups in total. The van der Waals surface area contributed by atoms with Gasteiger partial charge in [0.1, 0.15) is 5.75 Å². The summed E-state index contributed by atoms with van der Waals surface area (Å²) in [5.41, 5.74) is 2.46. The van der Waals surface area contributed by atoms with Gasteiger partial charge in [-0.1, -0.05) is 18.6 Å². The topological polar surface area (TPSA) is 38.3 Å². The van der Waals surface area contributed by atoms with E-state index in [1.807, 2.05) is 24.3 Å². The number of carbonyl (C=O) groups is 1. The van der Waals surface area contributed by atoms with Gasteiger partial charge >= 0.3 is 0 Å². The molecule has 2 aromatic rings. The lowest BCUT2D eigenvalue weighted by atomic mass is 10.1. The molecule has 3 rings (SSSR count). The molecule has 1 amide bonds. The summed E-state index contributed by atoms with van der Waals surface area (Å²) < 4.78 is 5.14. The van der Waals surface area contributed by atoms with Gasteiger partial charge in [-0.3, -0.25) is 4.79 Å². The summed E-state index contributed by atoms with van der Waals surface area (Å²) in [6.45, 7) is 0.547. The maximum atomic E-state index is 12.3. The van der Waals surface area contributed by atoms with Crippen molar-refractivity contribution in [1.82, 2.24) is 5.32 Å². The highest BCUT2D eigenvalue weighted by molar-refractivity contribution is 7.14. The summed E-state index contributed by atoms with van der Waals surface area (Å²) in [4.78, 5) is 14.6. The van der Waals surface area contributed by atoms with Crippen LogP contribution in [-0.2, 0) is 19.4 Å². The molecule has 116 valence electrons. The third kappa shape index (κ3) is 3.50. The van der Waals surface area contributed by atoms with Crippen LogP contribution < -0.4 is 10.1 Å². The normalized spacial score (nSPS) is 14.0. The molecular weight excluding hydrogens is 294 g/mol. The SMILES string of the molecule is COc1ccc(CNC(=O)c2cc3c(s2)CCCCC3)cc1. The molecule has 0 fully saturated rings. The zero-order chi connectivity index (χ0) is 15.4. The van der Waals surface area contributed by atoms with Gasteiger partial charge in [-0.05, 0) is 55.0 Å². The maximum Gasteiger partial charge on any atom is 0.261 e. The zero-order valence-electron chi connectivity index (χ0n) is 12.9. The van der Waals surface area contributed by atoms with Crippen LogP contribution in [0.15, 0.2) is 30.3 Å². The van der Waals surface area contributed by atoms with Gasteiger partial charge in [0.2, 0.25) is 0 Å².